The zero-order valence-electron chi connectivity index (χ0n) is 10.1. The molecule has 2 aromatic rings. The lowest BCUT2D eigenvalue weighted by Crippen LogP contribution is -2.06. The summed E-state index contributed by atoms with van der Waals surface area (Å²) in [5, 5.41) is 12.8. The van der Waals surface area contributed by atoms with Crippen LogP contribution in [0.25, 0.3) is 0 Å². The first-order valence-corrected chi connectivity index (χ1v) is 5.59. The Balaban J connectivity index is 2.22. The summed E-state index contributed by atoms with van der Waals surface area (Å²) >= 11 is 0. The van der Waals surface area contributed by atoms with Crippen molar-refractivity contribution in [3.05, 3.63) is 69.5 Å². The summed E-state index contributed by atoms with van der Waals surface area (Å²) in [7, 11) is 0. The topological polar surface area (TPSA) is 55.2 Å². The number of nitrogens with zero attached hydrogens (tertiary/aromatic N) is 1. The number of nitro groups is 1. The van der Waals surface area contributed by atoms with Gasteiger partial charge in [0.2, 0.25) is 0 Å². The molecule has 0 fully saturated rings. The molecule has 104 valence electrons. The van der Waals surface area contributed by atoms with E-state index in [-0.39, 0.29) is 12.1 Å². The quantitative estimate of drug-likeness (QED) is 0.688. The fourth-order valence-electron chi connectivity index (χ4n) is 1.66. The fraction of sp³-hybridized carbons (Fsp3) is 0.0769. The number of anilines is 1. The molecule has 0 unspecified atom stereocenters. The molecule has 0 aliphatic heterocycles. The van der Waals surface area contributed by atoms with Crippen LogP contribution in [0.15, 0.2) is 36.4 Å². The second kappa shape index (κ2) is 5.60. The van der Waals surface area contributed by atoms with Crippen molar-refractivity contribution in [2.45, 2.75) is 6.54 Å². The van der Waals surface area contributed by atoms with Crippen molar-refractivity contribution >= 4 is 11.4 Å². The predicted molar refractivity (Wildman–Crippen MR) is 66.7 cm³/mol. The van der Waals surface area contributed by atoms with Gasteiger partial charge in [-0.25, -0.2) is 13.2 Å². The van der Waals surface area contributed by atoms with Crippen molar-refractivity contribution < 1.29 is 18.1 Å². The highest BCUT2D eigenvalue weighted by molar-refractivity contribution is 5.52. The molecule has 0 aliphatic rings. The van der Waals surface area contributed by atoms with Crippen LogP contribution >= 0.6 is 0 Å². The van der Waals surface area contributed by atoms with Crippen molar-refractivity contribution in [3.63, 3.8) is 0 Å². The minimum atomic E-state index is -1.10. The van der Waals surface area contributed by atoms with E-state index >= 15 is 0 Å². The summed E-state index contributed by atoms with van der Waals surface area (Å²) in [5.74, 6) is -2.72. The number of rotatable bonds is 4. The molecule has 0 spiro atoms. The number of nitro benzene ring substituents is 1. The lowest BCUT2D eigenvalue weighted by atomic mass is 10.2. The minimum absolute atomic E-state index is 0.141. The second-order valence-electron chi connectivity index (χ2n) is 3.99. The Morgan fingerprint density at radius 1 is 1.05 bits per heavy atom. The number of hydrogen-bond acceptors (Lipinski definition) is 3. The van der Waals surface area contributed by atoms with E-state index in [1.165, 1.54) is 18.2 Å². The summed E-state index contributed by atoms with van der Waals surface area (Å²) in [6.45, 7) is -0.141. The molecule has 0 heterocycles. The van der Waals surface area contributed by atoms with E-state index in [9.17, 15) is 23.3 Å². The highest BCUT2D eigenvalue weighted by atomic mass is 19.1. The lowest BCUT2D eigenvalue weighted by molar-refractivity contribution is -0.385. The van der Waals surface area contributed by atoms with E-state index in [4.69, 9.17) is 0 Å². The maximum atomic E-state index is 13.6. The molecule has 20 heavy (non-hydrogen) atoms. The Hall–Kier alpha value is -2.57. The summed E-state index contributed by atoms with van der Waals surface area (Å²) in [4.78, 5) is 9.55. The number of benzene rings is 2. The van der Waals surface area contributed by atoms with Crippen LogP contribution in [-0.2, 0) is 6.54 Å². The highest BCUT2D eigenvalue weighted by Crippen LogP contribution is 2.25. The van der Waals surface area contributed by atoms with E-state index < -0.39 is 33.7 Å². The molecule has 7 heteroatoms. The SMILES string of the molecule is O=[N+]([O-])c1cc(F)c(NCc2ccccc2F)c(F)c1. The second-order valence-corrected chi connectivity index (χ2v) is 3.99. The average Bonchev–Trinajstić information content (AvgIpc) is 2.39. The zero-order valence-corrected chi connectivity index (χ0v) is 10.1. The Kier molecular flexibility index (Phi) is 3.88. The third-order valence-corrected chi connectivity index (χ3v) is 2.65. The van der Waals surface area contributed by atoms with Crippen LogP contribution in [0.1, 0.15) is 5.56 Å². The van der Waals surface area contributed by atoms with E-state index in [1.807, 2.05) is 0 Å². The van der Waals surface area contributed by atoms with Gasteiger partial charge >= 0.3 is 0 Å². The highest BCUT2D eigenvalue weighted by Gasteiger charge is 2.17. The number of nitrogens with one attached hydrogen (secondary N) is 1. The first-order chi connectivity index (χ1) is 9.49. The van der Waals surface area contributed by atoms with Gasteiger partial charge in [-0.05, 0) is 6.07 Å². The van der Waals surface area contributed by atoms with E-state index in [0.29, 0.717) is 12.1 Å². The van der Waals surface area contributed by atoms with Crippen molar-refractivity contribution in [2.24, 2.45) is 0 Å². The molecule has 0 aliphatic carbocycles. The van der Waals surface area contributed by atoms with Crippen molar-refractivity contribution in [1.82, 2.24) is 0 Å². The number of non-ortho nitro benzene ring substituents is 1. The van der Waals surface area contributed by atoms with Gasteiger partial charge in [0.15, 0.2) is 11.6 Å². The van der Waals surface area contributed by atoms with Crippen molar-refractivity contribution in [1.29, 1.82) is 0 Å². The maximum absolute atomic E-state index is 13.6. The summed E-state index contributed by atoms with van der Waals surface area (Å²) in [6, 6.07) is 6.97. The number of halogens is 3. The van der Waals surface area contributed by atoms with Gasteiger partial charge < -0.3 is 5.32 Å². The van der Waals surface area contributed by atoms with E-state index in [2.05, 4.69) is 5.32 Å². The van der Waals surface area contributed by atoms with Crippen LogP contribution in [-0.4, -0.2) is 4.92 Å². The molecule has 4 nitrogen and oxygen atoms in total. The molecule has 0 atom stereocenters. The van der Waals surface area contributed by atoms with Gasteiger partial charge in [-0.1, -0.05) is 18.2 Å². The normalized spacial score (nSPS) is 10.3. The first kappa shape index (κ1) is 13.9. The third kappa shape index (κ3) is 2.87. The third-order valence-electron chi connectivity index (χ3n) is 2.65. The molecule has 0 amide bonds. The number of hydrogen-bond donors (Lipinski definition) is 1. The monoisotopic (exact) mass is 282 g/mol. The molecule has 0 saturated carbocycles. The standard InChI is InChI=1S/C13H9F3N2O2/c14-10-4-2-1-3-8(10)7-17-13-11(15)5-9(18(19)20)6-12(13)16/h1-6,17H,7H2. The molecule has 1 N–H and O–H groups in total. The molecule has 0 radical (unpaired) electrons. The molecule has 0 aromatic heterocycles. The van der Waals surface area contributed by atoms with E-state index in [0.717, 1.165) is 0 Å². The van der Waals surface area contributed by atoms with Crippen LogP contribution in [0.3, 0.4) is 0 Å². The van der Waals surface area contributed by atoms with Crippen LogP contribution in [0.4, 0.5) is 24.5 Å². The van der Waals surface area contributed by atoms with Gasteiger partial charge in [0.25, 0.3) is 5.69 Å². The Bertz CT molecular complexity index is 639. The fourth-order valence-corrected chi connectivity index (χ4v) is 1.66. The maximum Gasteiger partial charge on any atom is 0.275 e. The molecule has 2 aromatic carbocycles. The summed E-state index contributed by atoms with van der Waals surface area (Å²) in [6.07, 6.45) is 0. The summed E-state index contributed by atoms with van der Waals surface area (Å²) < 4.78 is 40.5. The van der Waals surface area contributed by atoms with Crippen molar-refractivity contribution in [2.75, 3.05) is 5.32 Å². The van der Waals surface area contributed by atoms with Gasteiger partial charge in [0, 0.05) is 12.1 Å². The molecule has 0 bridgehead atoms. The molecule has 0 saturated heterocycles. The lowest BCUT2D eigenvalue weighted by Gasteiger charge is -2.09. The van der Waals surface area contributed by atoms with Gasteiger partial charge in [-0.3, -0.25) is 10.1 Å². The summed E-state index contributed by atoms with van der Waals surface area (Å²) in [5.41, 5.74) is -0.986. The molecule has 2 rings (SSSR count). The van der Waals surface area contributed by atoms with Gasteiger partial charge in [0.05, 0.1) is 17.1 Å². The van der Waals surface area contributed by atoms with Gasteiger partial charge in [-0.2, -0.15) is 0 Å². The van der Waals surface area contributed by atoms with Crippen molar-refractivity contribution in [3.8, 4) is 0 Å². The van der Waals surface area contributed by atoms with Gasteiger partial charge in [0.1, 0.15) is 11.5 Å². The minimum Gasteiger partial charge on any atom is -0.376 e. The largest absolute Gasteiger partial charge is 0.376 e. The first-order valence-electron chi connectivity index (χ1n) is 5.59. The molecular formula is C13H9F3N2O2. The zero-order chi connectivity index (χ0) is 14.7. The Labute approximate surface area is 112 Å². The van der Waals surface area contributed by atoms with Gasteiger partial charge in [-0.15, -0.1) is 0 Å². The van der Waals surface area contributed by atoms with Crippen LogP contribution in [0, 0.1) is 27.6 Å². The molecular weight excluding hydrogens is 273 g/mol. The Morgan fingerprint density at radius 3 is 2.20 bits per heavy atom. The van der Waals surface area contributed by atoms with Crippen LogP contribution in [0.2, 0.25) is 0 Å². The van der Waals surface area contributed by atoms with Crippen LogP contribution in [0.5, 0.6) is 0 Å². The van der Waals surface area contributed by atoms with Crippen LogP contribution < -0.4 is 5.32 Å². The smallest absolute Gasteiger partial charge is 0.275 e. The average molecular weight is 282 g/mol. The van der Waals surface area contributed by atoms with E-state index in [1.54, 1.807) is 6.07 Å². The Morgan fingerprint density at radius 2 is 1.65 bits per heavy atom. The predicted octanol–water partition coefficient (Wildman–Crippen LogP) is 3.62.